The number of benzene rings is 1. The Balaban J connectivity index is 1.41. The number of hydrogen-bond acceptors (Lipinski definition) is 5. The van der Waals surface area contributed by atoms with Crippen LogP contribution in [0.5, 0.6) is 5.75 Å². The smallest absolute Gasteiger partial charge is 0.315 e. The van der Waals surface area contributed by atoms with Crippen LogP contribution in [0, 0.1) is 0 Å². The lowest BCUT2D eigenvalue weighted by Crippen LogP contribution is -2.35. The van der Waals surface area contributed by atoms with Crippen LogP contribution in [-0.2, 0) is 16.0 Å². The molecule has 0 aliphatic carbocycles. The molecule has 3 N–H and O–H groups in total. The Bertz CT molecular complexity index is 678. The van der Waals surface area contributed by atoms with E-state index in [1.165, 1.54) is 5.56 Å². The molecule has 1 aromatic rings. The predicted molar refractivity (Wildman–Crippen MR) is 131 cm³/mol. The molecule has 1 fully saturated rings. The molecule has 1 aromatic carbocycles. The molecule has 2 rings (SSSR count). The summed E-state index contributed by atoms with van der Waals surface area (Å²) in [5.74, 6) is 2.40. The van der Waals surface area contributed by atoms with Crippen LogP contribution in [0.1, 0.15) is 37.7 Å². The summed E-state index contributed by atoms with van der Waals surface area (Å²) in [5, 5.41) is 8.83. The lowest BCUT2D eigenvalue weighted by Gasteiger charge is -2.17. The van der Waals surface area contributed by atoms with Crippen LogP contribution in [0.2, 0.25) is 0 Å². The monoisotopic (exact) mass is 485 g/mol. The lowest BCUT2D eigenvalue weighted by atomic mass is 10.0. The van der Waals surface area contributed by atoms with E-state index in [1.807, 2.05) is 30.5 Å². The van der Waals surface area contributed by atoms with Crippen molar-refractivity contribution in [2.24, 2.45) is 0 Å². The van der Waals surface area contributed by atoms with Gasteiger partial charge in [0, 0.05) is 24.6 Å². The fourth-order valence-electron chi connectivity index (χ4n) is 3.55. The first kappa shape index (κ1) is 26.6. The predicted octanol–water partition coefficient (Wildman–Crippen LogP) is 3.34. The zero-order valence-corrected chi connectivity index (χ0v) is 20.4. The van der Waals surface area contributed by atoms with E-state index in [9.17, 15) is 9.59 Å². The van der Waals surface area contributed by atoms with Gasteiger partial charge in [0.05, 0.1) is 25.3 Å². The largest absolute Gasteiger partial charge is 0.491 e. The van der Waals surface area contributed by atoms with E-state index in [4.69, 9.17) is 21.1 Å². The Morgan fingerprint density at radius 3 is 2.62 bits per heavy atom. The number of urea groups is 1. The maximum absolute atomic E-state index is 11.9. The minimum Gasteiger partial charge on any atom is -0.491 e. The van der Waals surface area contributed by atoms with Crippen molar-refractivity contribution in [2.45, 2.75) is 50.6 Å². The molecule has 180 valence electrons. The van der Waals surface area contributed by atoms with Gasteiger partial charge in [-0.1, -0.05) is 25.0 Å². The molecule has 3 amide bonds. The van der Waals surface area contributed by atoms with Gasteiger partial charge in [-0.2, -0.15) is 11.8 Å². The maximum Gasteiger partial charge on any atom is 0.315 e. The van der Waals surface area contributed by atoms with E-state index in [0.717, 1.165) is 43.6 Å². The van der Waals surface area contributed by atoms with Crippen LogP contribution in [0.3, 0.4) is 0 Å². The number of rotatable bonds is 17. The number of unbranched alkanes of at least 4 members (excludes halogenated alkanes) is 2. The molecular formula is C23H36ClN3O4S. The molecule has 1 aliphatic rings. The van der Waals surface area contributed by atoms with Crippen LogP contribution in [-0.4, -0.2) is 68.3 Å². The van der Waals surface area contributed by atoms with Gasteiger partial charge in [-0.25, -0.2) is 4.79 Å². The highest BCUT2D eigenvalue weighted by atomic mass is 35.5. The number of halogens is 1. The van der Waals surface area contributed by atoms with Crippen LogP contribution < -0.4 is 20.7 Å². The standard InChI is InChI=1S/C23H36ClN3O4S/c1-32-17-21-20(26-23(29)27-21)5-3-2-4-6-22(28)25-13-14-30-15-16-31-19-9-7-18(8-10-19)11-12-24/h7-10,20-21H,2-6,11-17H2,1H3,(H,25,28)(H2,26,27,29). The topological polar surface area (TPSA) is 88.7 Å². The molecule has 9 heteroatoms. The van der Waals surface area contributed by atoms with Crippen LogP contribution in [0.25, 0.3) is 0 Å². The van der Waals surface area contributed by atoms with Gasteiger partial charge in [-0.15, -0.1) is 11.6 Å². The van der Waals surface area contributed by atoms with Gasteiger partial charge >= 0.3 is 6.03 Å². The number of amides is 3. The van der Waals surface area contributed by atoms with E-state index in [2.05, 4.69) is 16.0 Å². The summed E-state index contributed by atoms with van der Waals surface area (Å²) in [4.78, 5) is 23.4. The van der Waals surface area contributed by atoms with E-state index >= 15 is 0 Å². The van der Waals surface area contributed by atoms with E-state index < -0.39 is 0 Å². The Hall–Kier alpha value is -1.64. The molecule has 1 heterocycles. The molecular weight excluding hydrogens is 450 g/mol. The molecule has 0 radical (unpaired) electrons. The number of hydrogen-bond donors (Lipinski definition) is 3. The van der Waals surface area contributed by atoms with Gasteiger partial charge in [0.15, 0.2) is 0 Å². The Labute approximate surface area is 200 Å². The van der Waals surface area contributed by atoms with E-state index in [1.54, 1.807) is 11.8 Å². The van der Waals surface area contributed by atoms with Gasteiger partial charge in [0.1, 0.15) is 12.4 Å². The Morgan fingerprint density at radius 2 is 1.88 bits per heavy atom. The number of carbonyl (C=O) groups is 2. The number of aryl methyl sites for hydroxylation is 1. The van der Waals surface area contributed by atoms with Crippen molar-refractivity contribution in [3.63, 3.8) is 0 Å². The third-order valence-corrected chi connectivity index (χ3v) is 6.14. The van der Waals surface area contributed by atoms with Gasteiger partial charge in [-0.3, -0.25) is 4.79 Å². The first-order chi connectivity index (χ1) is 15.6. The van der Waals surface area contributed by atoms with Crippen molar-refractivity contribution in [1.29, 1.82) is 0 Å². The molecule has 0 bridgehead atoms. The van der Waals surface area contributed by atoms with E-state index in [0.29, 0.717) is 38.7 Å². The average Bonchev–Trinajstić information content (AvgIpc) is 3.13. The van der Waals surface area contributed by atoms with Crippen molar-refractivity contribution in [2.75, 3.05) is 44.3 Å². The quantitative estimate of drug-likeness (QED) is 0.232. The lowest BCUT2D eigenvalue weighted by molar-refractivity contribution is -0.121. The summed E-state index contributed by atoms with van der Waals surface area (Å²) < 4.78 is 11.1. The van der Waals surface area contributed by atoms with Crippen molar-refractivity contribution in [3.05, 3.63) is 29.8 Å². The number of ether oxygens (including phenoxy) is 2. The summed E-state index contributed by atoms with van der Waals surface area (Å²) in [7, 11) is 0. The van der Waals surface area contributed by atoms with Crippen molar-refractivity contribution in [3.8, 4) is 5.75 Å². The molecule has 1 aliphatic heterocycles. The molecule has 0 spiro atoms. The summed E-state index contributed by atoms with van der Waals surface area (Å²) in [6.07, 6.45) is 7.20. The highest BCUT2D eigenvalue weighted by Crippen LogP contribution is 2.15. The Morgan fingerprint density at radius 1 is 1.09 bits per heavy atom. The summed E-state index contributed by atoms with van der Waals surface area (Å²) in [6, 6.07) is 8.23. The summed E-state index contributed by atoms with van der Waals surface area (Å²) in [5.41, 5.74) is 1.19. The average molecular weight is 486 g/mol. The van der Waals surface area contributed by atoms with Crippen LogP contribution in [0.15, 0.2) is 24.3 Å². The summed E-state index contributed by atoms with van der Waals surface area (Å²) >= 11 is 7.47. The van der Waals surface area contributed by atoms with Crippen LogP contribution in [0.4, 0.5) is 4.79 Å². The summed E-state index contributed by atoms with van der Waals surface area (Å²) in [6.45, 7) is 1.91. The molecule has 7 nitrogen and oxygen atoms in total. The number of alkyl halides is 1. The molecule has 32 heavy (non-hydrogen) atoms. The van der Waals surface area contributed by atoms with Gasteiger partial charge in [0.2, 0.25) is 5.91 Å². The highest BCUT2D eigenvalue weighted by molar-refractivity contribution is 7.98. The van der Waals surface area contributed by atoms with Crippen molar-refractivity contribution < 1.29 is 19.1 Å². The third kappa shape index (κ3) is 10.8. The zero-order chi connectivity index (χ0) is 23.0. The number of carbonyl (C=O) groups excluding carboxylic acids is 2. The maximum atomic E-state index is 11.9. The first-order valence-electron chi connectivity index (χ1n) is 11.3. The SMILES string of the molecule is CSCC1NC(=O)NC1CCCCCC(=O)NCCOCCOc1ccc(CCCl)cc1. The minimum absolute atomic E-state index is 0.0537. The zero-order valence-electron chi connectivity index (χ0n) is 18.9. The molecule has 0 saturated carbocycles. The Kier molecular flexibility index (Phi) is 13.3. The minimum atomic E-state index is -0.0704. The fourth-order valence-corrected chi connectivity index (χ4v) is 4.44. The number of thioether (sulfide) groups is 1. The third-order valence-electron chi connectivity index (χ3n) is 5.26. The van der Waals surface area contributed by atoms with Gasteiger partial charge in [0.25, 0.3) is 0 Å². The second kappa shape index (κ2) is 16.0. The molecule has 0 aromatic heterocycles. The van der Waals surface area contributed by atoms with Crippen LogP contribution >= 0.6 is 23.4 Å². The normalized spacial score (nSPS) is 17.6. The van der Waals surface area contributed by atoms with Crippen molar-refractivity contribution in [1.82, 2.24) is 16.0 Å². The first-order valence-corrected chi connectivity index (χ1v) is 13.2. The van der Waals surface area contributed by atoms with Gasteiger partial charge in [-0.05, 0) is 43.2 Å². The number of nitrogens with one attached hydrogen (secondary N) is 3. The molecule has 2 atom stereocenters. The second-order valence-electron chi connectivity index (χ2n) is 7.78. The second-order valence-corrected chi connectivity index (χ2v) is 9.07. The van der Waals surface area contributed by atoms with E-state index in [-0.39, 0.29) is 24.0 Å². The molecule has 1 saturated heterocycles. The van der Waals surface area contributed by atoms with Crippen molar-refractivity contribution >= 4 is 35.3 Å². The molecule has 2 unspecified atom stereocenters. The van der Waals surface area contributed by atoms with Gasteiger partial charge < -0.3 is 25.4 Å². The highest BCUT2D eigenvalue weighted by Gasteiger charge is 2.30. The fraction of sp³-hybridized carbons (Fsp3) is 0.652.